The quantitative estimate of drug-likeness (QED) is 0.915. The lowest BCUT2D eigenvalue weighted by Gasteiger charge is -2.19. The van der Waals surface area contributed by atoms with Gasteiger partial charge in [0.15, 0.2) is 0 Å². The molecule has 1 aromatic rings. The van der Waals surface area contributed by atoms with Crippen molar-refractivity contribution in [3.63, 3.8) is 0 Å². The zero-order valence-electron chi connectivity index (χ0n) is 11.7. The van der Waals surface area contributed by atoms with Gasteiger partial charge >= 0.3 is 0 Å². The van der Waals surface area contributed by atoms with E-state index in [0.717, 1.165) is 18.7 Å². The SMILES string of the molecule is Cn1nccc1[C@@H]1OCC[C@H]1C(=O)NC[C@@H]1CCCS1. The van der Waals surface area contributed by atoms with E-state index in [-0.39, 0.29) is 17.9 Å². The highest BCUT2D eigenvalue weighted by molar-refractivity contribution is 8.00. The molecule has 1 amide bonds. The maximum atomic E-state index is 12.4. The van der Waals surface area contributed by atoms with Gasteiger partial charge in [0, 0.05) is 31.6 Å². The van der Waals surface area contributed by atoms with Crippen LogP contribution in [0.2, 0.25) is 0 Å². The molecule has 3 atom stereocenters. The van der Waals surface area contributed by atoms with E-state index in [4.69, 9.17) is 4.74 Å². The fourth-order valence-corrected chi connectivity index (χ4v) is 4.16. The normalized spacial score (nSPS) is 29.8. The van der Waals surface area contributed by atoms with Crippen LogP contribution >= 0.6 is 11.8 Å². The van der Waals surface area contributed by atoms with E-state index in [2.05, 4.69) is 10.4 Å². The van der Waals surface area contributed by atoms with Crippen molar-refractivity contribution in [3.05, 3.63) is 18.0 Å². The van der Waals surface area contributed by atoms with Crippen LogP contribution < -0.4 is 5.32 Å². The molecule has 0 unspecified atom stereocenters. The smallest absolute Gasteiger partial charge is 0.226 e. The summed E-state index contributed by atoms with van der Waals surface area (Å²) in [5.41, 5.74) is 0.984. The van der Waals surface area contributed by atoms with Crippen molar-refractivity contribution in [2.24, 2.45) is 13.0 Å². The Kier molecular flexibility index (Phi) is 4.31. The number of aryl methyl sites for hydroxylation is 1. The summed E-state index contributed by atoms with van der Waals surface area (Å²) in [6.45, 7) is 1.43. The highest BCUT2D eigenvalue weighted by Gasteiger charge is 2.36. The minimum absolute atomic E-state index is 0.0863. The first-order valence-electron chi connectivity index (χ1n) is 7.24. The molecule has 6 heteroatoms. The molecule has 1 N–H and O–H groups in total. The average Bonchev–Trinajstić information content (AvgIpc) is 3.16. The Morgan fingerprint density at radius 2 is 2.50 bits per heavy atom. The summed E-state index contributed by atoms with van der Waals surface area (Å²) in [6.07, 6.45) is 4.88. The summed E-state index contributed by atoms with van der Waals surface area (Å²) in [6, 6.07) is 1.93. The molecule has 0 bridgehead atoms. The Morgan fingerprint density at radius 3 is 3.20 bits per heavy atom. The average molecular weight is 295 g/mol. The lowest BCUT2D eigenvalue weighted by atomic mass is 9.98. The largest absolute Gasteiger partial charge is 0.371 e. The Bertz CT molecular complexity index is 471. The van der Waals surface area contributed by atoms with E-state index < -0.39 is 0 Å². The second kappa shape index (κ2) is 6.18. The number of aromatic nitrogens is 2. The van der Waals surface area contributed by atoms with Crippen LogP contribution in [0.1, 0.15) is 31.1 Å². The van der Waals surface area contributed by atoms with Crippen LogP contribution in [0.15, 0.2) is 12.3 Å². The first-order chi connectivity index (χ1) is 9.75. The van der Waals surface area contributed by atoms with Crippen LogP contribution in [0, 0.1) is 5.92 Å². The van der Waals surface area contributed by atoms with Crippen molar-refractivity contribution >= 4 is 17.7 Å². The Balaban J connectivity index is 1.60. The van der Waals surface area contributed by atoms with E-state index in [1.807, 2.05) is 24.9 Å². The number of amides is 1. The van der Waals surface area contributed by atoms with E-state index in [0.29, 0.717) is 11.9 Å². The number of ether oxygens (including phenoxy) is 1. The summed E-state index contributed by atoms with van der Waals surface area (Å²) in [4.78, 5) is 12.4. The number of hydrogen-bond donors (Lipinski definition) is 1. The fraction of sp³-hybridized carbons (Fsp3) is 0.714. The molecule has 3 rings (SSSR count). The molecule has 20 heavy (non-hydrogen) atoms. The minimum Gasteiger partial charge on any atom is -0.371 e. The van der Waals surface area contributed by atoms with Gasteiger partial charge in [0.25, 0.3) is 0 Å². The van der Waals surface area contributed by atoms with Crippen LogP contribution in [0.3, 0.4) is 0 Å². The molecule has 0 spiro atoms. The van der Waals surface area contributed by atoms with Gasteiger partial charge in [-0.1, -0.05) is 0 Å². The van der Waals surface area contributed by atoms with Gasteiger partial charge in [-0.2, -0.15) is 16.9 Å². The maximum absolute atomic E-state index is 12.4. The predicted molar refractivity (Wildman–Crippen MR) is 78.5 cm³/mol. The number of hydrogen-bond acceptors (Lipinski definition) is 4. The molecule has 0 aliphatic carbocycles. The molecule has 2 aliphatic rings. The monoisotopic (exact) mass is 295 g/mol. The van der Waals surface area contributed by atoms with Crippen molar-refractivity contribution in [1.29, 1.82) is 0 Å². The van der Waals surface area contributed by atoms with Crippen LogP contribution in [-0.4, -0.2) is 39.8 Å². The first kappa shape index (κ1) is 13.9. The highest BCUT2D eigenvalue weighted by atomic mass is 32.2. The molecule has 2 aliphatic heterocycles. The molecule has 1 aromatic heterocycles. The minimum atomic E-state index is -0.154. The Labute approximate surface area is 123 Å². The number of rotatable bonds is 4. The van der Waals surface area contributed by atoms with E-state index in [1.54, 1.807) is 10.9 Å². The van der Waals surface area contributed by atoms with Crippen LogP contribution in [0.5, 0.6) is 0 Å². The van der Waals surface area contributed by atoms with Gasteiger partial charge in [-0.15, -0.1) is 0 Å². The lowest BCUT2D eigenvalue weighted by Crippen LogP contribution is -2.36. The highest BCUT2D eigenvalue weighted by Crippen LogP contribution is 2.34. The van der Waals surface area contributed by atoms with Gasteiger partial charge in [0.05, 0.1) is 11.6 Å². The molecule has 110 valence electrons. The summed E-state index contributed by atoms with van der Waals surface area (Å²) in [7, 11) is 1.89. The van der Waals surface area contributed by atoms with Crippen molar-refractivity contribution in [2.75, 3.05) is 18.9 Å². The van der Waals surface area contributed by atoms with Gasteiger partial charge in [-0.05, 0) is 31.1 Å². The Hall–Kier alpha value is -1.01. The Morgan fingerprint density at radius 1 is 1.60 bits per heavy atom. The lowest BCUT2D eigenvalue weighted by molar-refractivity contribution is -0.126. The number of nitrogens with one attached hydrogen (secondary N) is 1. The van der Waals surface area contributed by atoms with Gasteiger partial charge in [-0.25, -0.2) is 0 Å². The second-order valence-electron chi connectivity index (χ2n) is 5.45. The third kappa shape index (κ3) is 2.86. The maximum Gasteiger partial charge on any atom is 0.226 e. The third-order valence-electron chi connectivity index (χ3n) is 4.11. The molecule has 2 saturated heterocycles. The molecule has 0 saturated carbocycles. The van der Waals surface area contributed by atoms with Crippen molar-refractivity contribution in [1.82, 2.24) is 15.1 Å². The number of carbonyl (C=O) groups excluding carboxylic acids is 1. The zero-order valence-corrected chi connectivity index (χ0v) is 12.6. The van der Waals surface area contributed by atoms with Crippen LogP contribution in [0.25, 0.3) is 0 Å². The second-order valence-corrected chi connectivity index (χ2v) is 6.85. The zero-order chi connectivity index (χ0) is 13.9. The van der Waals surface area contributed by atoms with Crippen LogP contribution in [-0.2, 0) is 16.6 Å². The standard InChI is InChI=1S/C14H21N3O2S/c1-17-12(4-6-16-17)13-11(5-7-19-13)14(18)15-9-10-3-2-8-20-10/h4,6,10-11,13H,2-3,5,7-9H2,1H3,(H,15,18)/t10-,11+,13+/m0/s1. The van der Waals surface area contributed by atoms with Gasteiger partial charge < -0.3 is 10.1 Å². The van der Waals surface area contributed by atoms with Crippen molar-refractivity contribution in [2.45, 2.75) is 30.6 Å². The fourth-order valence-electron chi connectivity index (χ4n) is 2.96. The number of thioether (sulfide) groups is 1. The van der Waals surface area contributed by atoms with E-state index >= 15 is 0 Å². The molecule has 3 heterocycles. The van der Waals surface area contributed by atoms with Crippen molar-refractivity contribution in [3.8, 4) is 0 Å². The summed E-state index contributed by atoms with van der Waals surface area (Å²) in [5.74, 6) is 1.27. The van der Waals surface area contributed by atoms with Gasteiger partial charge in [0.2, 0.25) is 5.91 Å². The summed E-state index contributed by atoms with van der Waals surface area (Å²) in [5, 5.41) is 7.87. The third-order valence-corrected chi connectivity index (χ3v) is 5.50. The van der Waals surface area contributed by atoms with Crippen molar-refractivity contribution < 1.29 is 9.53 Å². The number of carbonyl (C=O) groups is 1. The van der Waals surface area contributed by atoms with E-state index in [9.17, 15) is 4.79 Å². The molecule has 5 nitrogen and oxygen atoms in total. The number of nitrogens with zero attached hydrogens (tertiary/aromatic N) is 2. The molecule has 2 fully saturated rings. The van der Waals surface area contributed by atoms with Crippen LogP contribution in [0.4, 0.5) is 0 Å². The topological polar surface area (TPSA) is 56.2 Å². The molecular weight excluding hydrogens is 274 g/mol. The molecule has 0 aromatic carbocycles. The predicted octanol–water partition coefficient (Wildman–Crippen LogP) is 1.51. The van der Waals surface area contributed by atoms with Gasteiger partial charge in [0.1, 0.15) is 6.10 Å². The first-order valence-corrected chi connectivity index (χ1v) is 8.29. The summed E-state index contributed by atoms with van der Waals surface area (Å²) >= 11 is 1.97. The summed E-state index contributed by atoms with van der Waals surface area (Å²) < 4.78 is 7.55. The van der Waals surface area contributed by atoms with Gasteiger partial charge in [-0.3, -0.25) is 9.48 Å². The molecular formula is C14H21N3O2S. The molecule has 0 radical (unpaired) electrons. The van der Waals surface area contributed by atoms with E-state index in [1.165, 1.54) is 18.6 Å².